The predicted octanol–water partition coefficient (Wildman–Crippen LogP) is 2.52. The van der Waals surface area contributed by atoms with Crippen LogP contribution in [0.25, 0.3) is 0 Å². The third-order valence-electron chi connectivity index (χ3n) is 4.35. The Morgan fingerprint density at radius 2 is 1.78 bits per heavy atom. The number of aryl methyl sites for hydroxylation is 2. The number of sulfonamides is 1. The number of hydrogen-bond donors (Lipinski definition) is 1. The predicted molar refractivity (Wildman–Crippen MR) is 88.8 cm³/mol. The van der Waals surface area contributed by atoms with Crippen LogP contribution in [0, 0.1) is 13.8 Å². The lowest BCUT2D eigenvalue weighted by atomic mass is 10.0. The molecular weight excluding hydrogens is 312 g/mol. The van der Waals surface area contributed by atoms with Crippen molar-refractivity contribution in [1.82, 2.24) is 9.29 Å². The van der Waals surface area contributed by atoms with Gasteiger partial charge >= 0.3 is 0 Å². The molecular formula is C17H20N2O3S. The van der Waals surface area contributed by atoms with Crippen molar-refractivity contribution in [3.05, 3.63) is 63.6 Å². The van der Waals surface area contributed by atoms with Crippen LogP contribution >= 0.6 is 0 Å². The summed E-state index contributed by atoms with van der Waals surface area (Å²) in [6.07, 6.45) is 1.58. The molecule has 1 aliphatic heterocycles. The van der Waals surface area contributed by atoms with Gasteiger partial charge in [0.2, 0.25) is 15.6 Å². The molecule has 0 amide bonds. The first-order chi connectivity index (χ1) is 10.9. The molecule has 1 aromatic heterocycles. The van der Waals surface area contributed by atoms with Gasteiger partial charge in [0.05, 0.1) is 10.9 Å². The number of H-pyrrole nitrogens is 1. The number of rotatable bonds is 3. The van der Waals surface area contributed by atoms with Crippen molar-refractivity contribution in [2.24, 2.45) is 0 Å². The van der Waals surface area contributed by atoms with Gasteiger partial charge in [0.25, 0.3) is 0 Å². The summed E-state index contributed by atoms with van der Waals surface area (Å²) in [4.78, 5) is 14.5. The maximum Gasteiger partial charge on any atom is 0.248 e. The highest BCUT2D eigenvalue weighted by molar-refractivity contribution is 7.89. The average Bonchev–Trinajstić information content (AvgIpc) is 2.97. The fourth-order valence-electron chi connectivity index (χ4n) is 3.13. The van der Waals surface area contributed by atoms with Crippen LogP contribution in [0.1, 0.15) is 35.7 Å². The number of aromatic nitrogens is 1. The molecule has 0 spiro atoms. The molecule has 1 N–H and O–H groups in total. The second-order valence-electron chi connectivity index (χ2n) is 5.99. The van der Waals surface area contributed by atoms with E-state index >= 15 is 0 Å². The first kappa shape index (κ1) is 16.0. The summed E-state index contributed by atoms with van der Waals surface area (Å²) >= 11 is 0. The second kappa shape index (κ2) is 5.94. The molecule has 1 saturated heterocycles. The van der Waals surface area contributed by atoms with Gasteiger partial charge in [-0.2, -0.15) is 4.31 Å². The van der Waals surface area contributed by atoms with Gasteiger partial charge in [-0.3, -0.25) is 4.79 Å². The third kappa shape index (κ3) is 2.96. The quantitative estimate of drug-likeness (QED) is 0.939. The molecule has 0 unspecified atom stereocenters. The minimum atomic E-state index is -3.54. The zero-order valence-corrected chi connectivity index (χ0v) is 14.1. The van der Waals surface area contributed by atoms with Crippen LogP contribution in [0.5, 0.6) is 0 Å². The van der Waals surface area contributed by atoms with E-state index in [-0.39, 0.29) is 11.6 Å². The average molecular weight is 332 g/mol. The van der Waals surface area contributed by atoms with Gasteiger partial charge in [0.1, 0.15) is 0 Å². The van der Waals surface area contributed by atoms with E-state index in [1.165, 1.54) is 6.07 Å². The van der Waals surface area contributed by atoms with E-state index < -0.39 is 10.0 Å². The van der Waals surface area contributed by atoms with Gasteiger partial charge in [-0.1, -0.05) is 23.8 Å². The fourth-order valence-corrected chi connectivity index (χ4v) is 4.81. The smallest absolute Gasteiger partial charge is 0.248 e. The van der Waals surface area contributed by atoms with Crippen molar-refractivity contribution >= 4 is 10.0 Å². The lowest BCUT2D eigenvalue weighted by Crippen LogP contribution is -2.31. The molecule has 0 radical (unpaired) electrons. The highest BCUT2D eigenvalue weighted by atomic mass is 32.2. The van der Waals surface area contributed by atoms with Crippen LogP contribution in [0.3, 0.4) is 0 Å². The van der Waals surface area contributed by atoms with E-state index in [4.69, 9.17) is 0 Å². The minimum Gasteiger partial charge on any atom is -0.326 e. The van der Waals surface area contributed by atoms with Crippen LogP contribution in [0.15, 0.2) is 46.1 Å². The number of nitrogens with zero attached hydrogens (tertiary/aromatic N) is 1. The molecule has 5 nitrogen and oxygen atoms in total. The lowest BCUT2D eigenvalue weighted by Gasteiger charge is -2.25. The number of benzene rings is 1. The van der Waals surface area contributed by atoms with Crippen molar-refractivity contribution in [3.63, 3.8) is 0 Å². The summed E-state index contributed by atoms with van der Waals surface area (Å²) in [5, 5.41) is 0. The Morgan fingerprint density at radius 1 is 1.09 bits per heavy atom. The van der Waals surface area contributed by atoms with Gasteiger partial charge in [0, 0.05) is 18.3 Å². The molecule has 0 bridgehead atoms. The van der Waals surface area contributed by atoms with Crippen LogP contribution in [0.2, 0.25) is 0 Å². The van der Waals surface area contributed by atoms with E-state index in [0.717, 1.165) is 29.7 Å². The van der Waals surface area contributed by atoms with Crippen molar-refractivity contribution in [2.75, 3.05) is 6.54 Å². The van der Waals surface area contributed by atoms with Gasteiger partial charge in [-0.25, -0.2) is 8.42 Å². The van der Waals surface area contributed by atoms with Gasteiger partial charge in [-0.15, -0.1) is 0 Å². The lowest BCUT2D eigenvalue weighted by molar-refractivity contribution is 0.394. The second-order valence-corrected chi connectivity index (χ2v) is 7.88. The van der Waals surface area contributed by atoms with Crippen molar-refractivity contribution in [1.29, 1.82) is 0 Å². The first-order valence-corrected chi connectivity index (χ1v) is 9.12. The van der Waals surface area contributed by atoms with Crippen molar-refractivity contribution < 1.29 is 8.42 Å². The summed E-state index contributed by atoms with van der Waals surface area (Å²) in [5.41, 5.74) is 2.46. The van der Waals surface area contributed by atoms with Crippen LogP contribution in [-0.2, 0) is 10.0 Å². The normalized spacial score (nSPS) is 19.1. The molecule has 0 saturated carbocycles. The monoisotopic (exact) mass is 332 g/mol. The summed E-state index contributed by atoms with van der Waals surface area (Å²) < 4.78 is 27.5. The highest BCUT2D eigenvalue weighted by Crippen LogP contribution is 2.37. The molecule has 2 heterocycles. The molecule has 1 fully saturated rings. The van der Waals surface area contributed by atoms with E-state index in [0.29, 0.717) is 11.4 Å². The third-order valence-corrected chi connectivity index (χ3v) is 6.27. The van der Waals surface area contributed by atoms with Crippen LogP contribution in [-0.4, -0.2) is 24.3 Å². The number of aromatic amines is 1. The van der Waals surface area contributed by atoms with Crippen molar-refractivity contribution in [2.45, 2.75) is 37.6 Å². The molecule has 3 rings (SSSR count). The SMILES string of the molecule is Cc1ccc(S(=O)(=O)N2CCC[C@H]2c2ccc(=O)[nH]c2C)cc1. The molecule has 1 atom stereocenters. The maximum absolute atomic E-state index is 13.0. The Kier molecular flexibility index (Phi) is 4.12. The highest BCUT2D eigenvalue weighted by Gasteiger charge is 2.36. The molecule has 0 aliphatic carbocycles. The zero-order chi connectivity index (χ0) is 16.6. The summed E-state index contributed by atoms with van der Waals surface area (Å²) in [6, 6.07) is 9.89. The maximum atomic E-state index is 13.0. The first-order valence-electron chi connectivity index (χ1n) is 7.68. The summed E-state index contributed by atoms with van der Waals surface area (Å²) in [7, 11) is -3.54. The topological polar surface area (TPSA) is 70.2 Å². The minimum absolute atomic E-state index is 0.169. The van der Waals surface area contributed by atoms with Crippen molar-refractivity contribution in [3.8, 4) is 0 Å². The molecule has 2 aromatic rings. The Morgan fingerprint density at radius 3 is 2.43 bits per heavy atom. The standard InChI is InChI=1S/C17H20N2O3S/c1-12-5-7-14(8-6-12)23(21,22)19-11-3-4-16(19)15-9-10-17(20)18-13(15)2/h5-10,16H,3-4,11H2,1-2H3,(H,18,20)/t16-/m0/s1. The number of hydrogen-bond acceptors (Lipinski definition) is 3. The summed E-state index contributed by atoms with van der Waals surface area (Å²) in [5.74, 6) is 0. The molecule has 23 heavy (non-hydrogen) atoms. The van der Waals surface area contributed by atoms with Crippen LogP contribution in [0.4, 0.5) is 0 Å². The van der Waals surface area contributed by atoms with Gasteiger partial charge < -0.3 is 4.98 Å². The van der Waals surface area contributed by atoms with Gasteiger partial charge in [0.15, 0.2) is 0 Å². The van der Waals surface area contributed by atoms with Crippen LogP contribution < -0.4 is 5.56 Å². The van der Waals surface area contributed by atoms with E-state index in [9.17, 15) is 13.2 Å². The number of pyridine rings is 1. The van der Waals surface area contributed by atoms with Gasteiger partial charge in [-0.05, 0) is 44.4 Å². The molecule has 1 aromatic carbocycles. The molecule has 6 heteroatoms. The molecule has 1 aliphatic rings. The number of nitrogens with one attached hydrogen (secondary N) is 1. The Labute approximate surface area is 136 Å². The van der Waals surface area contributed by atoms with E-state index in [1.54, 1.807) is 22.5 Å². The Hall–Kier alpha value is -1.92. The van der Waals surface area contributed by atoms with E-state index in [1.807, 2.05) is 26.0 Å². The zero-order valence-electron chi connectivity index (χ0n) is 13.2. The Bertz CT molecular complexity index is 869. The Balaban J connectivity index is 2.01. The fraction of sp³-hybridized carbons (Fsp3) is 0.353. The largest absolute Gasteiger partial charge is 0.326 e. The summed E-state index contributed by atoms with van der Waals surface area (Å²) in [6.45, 7) is 4.24. The van der Waals surface area contributed by atoms with E-state index in [2.05, 4.69) is 4.98 Å². The molecule has 122 valence electrons.